The van der Waals surface area contributed by atoms with Crippen molar-refractivity contribution in [3.63, 3.8) is 0 Å². The lowest BCUT2D eigenvalue weighted by Gasteiger charge is -2.38. The highest BCUT2D eigenvalue weighted by molar-refractivity contribution is 6.30. The topological polar surface area (TPSA) is 135 Å². The van der Waals surface area contributed by atoms with Gasteiger partial charge in [0.15, 0.2) is 11.5 Å². The van der Waals surface area contributed by atoms with Crippen LogP contribution in [-0.4, -0.2) is 77.6 Å². The summed E-state index contributed by atoms with van der Waals surface area (Å²) in [5.74, 6) is 1.03. The van der Waals surface area contributed by atoms with Crippen molar-refractivity contribution in [1.29, 1.82) is 0 Å². The Balaban J connectivity index is 0.866. The zero-order valence-corrected chi connectivity index (χ0v) is 37.3. The number of halogens is 1. The molecule has 0 radical (unpaired) electrons. The van der Waals surface area contributed by atoms with Gasteiger partial charge in [-0.15, -0.1) is 0 Å². The fraction of sp³-hybridized carbons (Fsp3) is 0.408. The summed E-state index contributed by atoms with van der Waals surface area (Å²) in [6, 6.07) is 24.4. The molecule has 1 N–H and O–H groups in total. The fourth-order valence-corrected chi connectivity index (χ4v) is 9.58. The van der Waals surface area contributed by atoms with Gasteiger partial charge < -0.3 is 24.2 Å². The van der Waals surface area contributed by atoms with Crippen molar-refractivity contribution in [2.45, 2.75) is 83.4 Å². The number of hydrogen-bond donors (Lipinski definition) is 1. The van der Waals surface area contributed by atoms with E-state index in [9.17, 15) is 24.0 Å². The molecule has 5 aromatic rings. The third-order valence-corrected chi connectivity index (χ3v) is 13.0. The quantitative estimate of drug-likeness (QED) is 0.123. The highest BCUT2D eigenvalue weighted by Crippen LogP contribution is 2.44. The average Bonchev–Trinajstić information content (AvgIpc) is 3.51. The van der Waals surface area contributed by atoms with E-state index in [-0.39, 0.29) is 48.8 Å². The van der Waals surface area contributed by atoms with Gasteiger partial charge in [0.05, 0.1) is 36.7 Å². The number of ether oxygens (including phenoxy) is 2. The Hall–Kier alpha value is -6.08. The van der Waals surface area contributed by atoms with Crippen LogP contribution < -0.4 is 30.3 Å². The van der Waals surface area contributed by atoms with Crippen LogP contribution in [0.5, 0.6) is 11.5 Å². The molecule has 4 heterocycles. The van der Waals surface area contributed by atoms with Crippen LogP contribution in [0.1, 0.15) is 86.7 Å². The van der Waals surface area contributed by atoms with Gasteiger partial charge in [0.1, 0.15) is 6.04 Å². The largest absolute Gasteiger partial charge is 0.493 e. The minimum absolute atomic E-state index is 0.0155. The predicted molar refractivity (Wildman–Crippen MR) is 244 cm³/mol. The number of imidazole rings is 1. The van der Waals surface area contributed by atoms with Gasteiger partial charge in [-0.05, 0) is 135 Å². The zero-order chi connectivity index (χ0) is 44.5. The van der Waals surface area contributed by atoms with E-state index in [0.29, 0.717) is 47.2 Å². The maximum atomic E-state index is 14.0. The Morgan fingerprint density at radius 2 is 1.63 bits per heavy atom. The van der Waals surface area contributed by atoms with Gasteiger partial charge in [-0.1, -0.05) is 29.8 Å². The fourth-order valence-electron chi connectivity index (χ4n) is 9.45. The van der Waals surface area contributed by atoms with Crippen LogP contribution >= 0.6 is 11.6 Å². The number of nitrogens with one attached hydrogen (secondary N) is 1. The number of aromatic nitrogens is 2. The van der Waals surface area contributed by atoms with Gasteiger partial charge in [-0.2, -0.15) is 0 Å². The smallest absolute Gasteiger partial charge is 0.329 e. The molecule has 0 aliphatic carbocycles. The molecule has 3 aliphatic rings. The van der Waals surface area contributed by atoms with Gasteiger partial charge in [0, 0.05) is 63.0 Å². The highest BCUT2D eigenvalue weighted by atomic mass is 35.5. The number of piperidine rings is 2. The van der Waals surface area contributed by atoms with Gasteiger partial charge in [-0.3, -0.25) is 33.6 Å². The molecule has 3 aliphatic heterocycles. The molecule has 0 saturated carbocycles. The van der Waals surface area contributed by atoms with E-state index in [1.54, 1.807) is 14.2 Å². The molecular weight excluding hydrogens is 820 g/mol. The summed E-state index contributed by atoms with van der Waals surface area (Å²) in [6.07, 6.45) is 4.29. The van der Waals surface area contributed by atoms with E-state index in [2.05, 4.69) is 29.4 Å². The molecular formula is C49H55ClN6O7. The van der Waals surface area contributed by atoms with Crippen LogP contribution in [0.25, 0.3) is 11.0 Å². The molecule has 0 spiro atoms. The second kappa shape index (κ2) is 18.3. The van der Waals surface area contributed by atoms with E-state index >= 15 is 0 Å². The number of likely N-dealkylation sites (tertiary alicyclic amines) is 1. The van der Waals surface area contributed by atoms with Gasteiger partial charge in [0.2, 0.25) is 23.6 Å². The first-order valence-corrected chi connectivity index (χ1v) is 22.2. The standard InChI is InChI=1S/C49H55ClN6O7/c1-30(2)63-43-28-38-34(26-42(43)62-5)27-46(59)55(47(38)33-10-12-35(50)13-11-33)37-16-14-36(15-17-37)52(3)29-32-21-23-54(24-22-32)45(58)8-6-7-31-9-18-39-41(25-31)53(4)49(61)56(39)40-19-20-44(57)51-48(40)60/h9-18,25-26,28,30,32,40,47H,6-8,19-24,27,29H2,1-5H3,(H,51,57,60)/t40?,47-/m0/s1. The van der Waals surface area contributed by atoms with Crippen molar-refractivity contribution in [3.05, 3.63) is 117 Å². The minimum Gasteiger partial charge on any atom is -0.493 e. The zero-order valence-electron chi connectivity index (χ0n) is 36.6. The average molecular weight is 875 g/mol. The van der Waals surface area contributed by atoms with Crippen LogP contribution in [0.15, 0.2) is 83.7 Å². The summed E-state index contributed by atoms with van der Waals surface area (Å²) < 4.78 is 14.9. The molecule has 2 fully saturated rings. The first kappa shape index (κ1) is 43.6. The maximum absolute atomic E-state index is 14.0. The van der Waals surface area contributed by atoms with Crippen LogP contribution in [-0.2, 0) is 39.1 Å². The number of imide groups is 1. The lowest BCUT2D eigenvalue weighted by atomic mass is 9.86. The Morgan fingerprint density at radius 1 is 0.905 bits per heavy atom. The van der Waals surface area contributed by atoms with E-state index < -0.39 is 18.0 Å². The lowest BCUT2D eigenvalue weighted by Crippen LogP contribution is -2.44. The second-order valence-corrected chi connectivity index (χ2v) is 17.8. The lowest BCUT2D eigenvalue weighted by molar-refractivity contribution is -0.136. The molecule has 2 atom stereocenters. The Kier molecular flexibility index (Phi) is 12.7. The van der Waals surface area contributed by atoms with E-state index in [0.717, 1.165) is 71.6 Å². The molecule has 330 valence electrons. The molecule has 1 unspecified atom stereocenters. The number of carbonyl (C=O) groups is 4. The third kappa shape index (κ3) is 9.07. The van der Waals surface area contributed by atoms with E-state index in [1.165, 1.54) is 9.13 Å². The van der Waals surface area contributed by atoms with Crippen molar-refractivity contribution in [2.24, 2.45) is 13.0 Å². The summed E-state index contributed by atoms with van der Waals surface area (Å²) in [7, 11) is 5.39. The summed E-state index contributed by atoms with van der Waals surface area (Å²) >= 11 is 6.31. The molecule has 8 rings (SSSR count). The molecule has 63 heavy (non-hydrogen) atoms. The highest BCUT2D eigenvalue weighted by Gasteiger charge is 2.37. The van der Waals surface area contributed by atoms with Crippen LogP contribution in [0.4, 0.5) is 11.4 Å². The van der Waals surface area contributed by atoms with Crippen molar-refractivity contribution in [1.82, 2.24) is 19.4 Å². The van der Waals surface area contributed by atoms with E-state index in [4.69, 9.17) is 21.1 Å². The normalized spacial score (nSPS) is 18.2. The molecule has 4 aromatic carbocycles. The number of amides is 4. The molecule has 1 aromatic heterocycles. The first-order valence-electron chi connectivity index (χ1n) is 21.9. The maximum Gasteiger partial charge on any atom is 0.329 e. The Labute approximate surface area is 372 Å². The first-order chi connectivity index (χ1) is 30.3. The third-order valence-electron chi connectivity index (χ3n) is 12.7. The van der Waals surface area contributed by atoms with Crippen LogP contribution in [0.2, 0.25) is 5.02 Å². The van der Waals surface area contributed by atoms with E-state index in [1.807, 2.05) is 90.4 Å². The molecule has 0 bridgehead atoms. The summed E-state index contributed by atoms with van der Waals surface area (Å²) in [5, 5.41) is 2.97. The van der Waals surface area contributed by atoms with Gasteiger partial charge >= 0.3 is 5.69 Å². The van der Waals surface area contributed by atoms with Gasteiger partial charge in [0.25, 0.3) is 0 Å². The number of fused-ring (bicyclic) bond motifs is 2. The molecule has 14 heteroatoms. The summed E-state index contributed by atoms with van der Waals surface area (Å²) in [5.41, 5.74) is 6.76. The number of anilines is 2. The number of rotatable bonds is 13. The molecule has 2 saturated heterocycles. The Bertz CT molecular complexity index is 2590. The number of methoxy groups -OCH3 is 1. The van der Waals surface area contributed by atoms with Crippen LogP contribution in [0.3, 0.4) is 0 Å². The minimum atomic E-state index is -0.725. The summed E-state index contributed by atoms with van der Waals surface area (Å²) in [6.45, 7) is 6.24. The van der Waals surface area contributed by atoms with Gasteiger partial charge in [-0.25, -0.2) is 4.79 Å². The molecule has 4 amide bonds. The number of nitrogens with zero attached hydrogens (tertiary/aromatic N) is 5. The number of aryl methyl sites for hydroxylation is 2. The predicted octanol–water partition coefficient (Wildman–Crippen LogP) is 7.14. The SMILES string of the molecule is COc1cc2c(cc1OC(C)C)[C@H](c1ccc(Cl)cc1)N(c1ccc(N(C)CC3CCN(C(=O)CCCc4ccc5c(c4)n(C)c(=O)n5C4CCC(=O)NC4=O)CC3)cc1)C(=O)C2. The van der Waals surface area contributed by atoms with Crippen molar-refractivity contribution < 1.29 is 28.7 Å². The van der Waals surface area contributed by atoms with Crippen molar-refractivity contribution in [3.8, 4) is 11.5 Å². The Morgan fingerprint density at radius 3 is 2.32 bits per heavy atom. The van der Waals surface area contributed by atoms with Crippen LogP contribution in [0, 0.1) is 5.92 Å². The second-order valence-electron chi connectivity index (χ2n) is 17.3. The molecule has 13 nitrogen and oxygen atoms in total. The van der Waals surface area contributed by atoms with Crippen molar-refractivity contribution in [2.75, 3.05) is 43.6 Å². The number of benzene rings is 4. The summed E-state index contributed by atoms with van der Waals surface area (Å²) in [4.78, 5) is 70.9. The van der Waals surface area contributed by atoms with Crippen molar-refractivity contribution >= 4 is 57.6 Å². The monoisotopic (exact) mass is 874 g/mol. The number of carbonyl (C=O) groups excluding carboxylic acids is 4. The number of hydrogen-bond acceptors (Lipinski definition) is 8.